The van der Waals surface area contributed by atoms with Crippen LogP contribution in [0.25, 0.3) is 11.1 Å². The number of benzene rings is 2. The molecule has 3 aromatic rings. The van der Waals surface area contributed by atoms with E-state index in [9.17, 15) is 9.59 Å². The Kier molecular flexibility index (Phi) is 5.62. The minimum Gasteiger partial charge on any atom is -0.330 e. The number of amides is 3. The van der Waals surface area contributed by atoms with E-state index in [1.807, 2.05) is 73.0 Å². The van der Waals surface area contributed by atoms with Crippen LogP contribution in [0.5, 0.6) is 0 Å². The van der Waals surface area contributed by atoms with Crippen LogP contribution in [0.4, 0.5) is 4.79 Å². The first-order chi connectivity index (χ1) is 14.1. The van der Waals surface area contributed by atoms with Crippen LogP contribution in [0, 0.1) is 12.8 Å². The highest BCUT2D eigenvalue weighted by Gasteiger charge is 2.33. The average Bonchev–Trinajstić information content (AvgIpc) is 3.47. The molecule has 148 valence electrons. The Morgan fingerprint density at radius 2 is 1.69 bits per heavy atom. The molecule has 4 rings (SSSR count). The number of thiophene rings is 1. The molecule has 1 fully saturated rings. The second-order valence-electron chi connectivity index (χ2n) is 7.31. The molecule has 5 nitrogen and oxygen atoms in total. The zero-order chi connectivity index (χ0) is 20.2. The Hall–Kier alpha value is -3.12. The molecular formula is C23H23N3O2S. The van der Waals surface area contributed by atoms with Gasteiger partial charge in [0.05, 0.1) is 6.04 Å². The van der Waals surface area contributed by atoms with Crippen molar-refractivity contribution in [2.45, 2.75) is 25.8 Å². The molecule has 0 spiro atoms. The second kappa shape index (κ2) is 8.49. The van der Waals surface area contributed by atoms with Gasteiger partial charge in [0.1, 0.15) is 4.88 Å². The topological polar surface area (TPSA) is 70.2 Å². The Bertz CT molecular complexity index is 994. The largest absolute Gasteiger partial charge is 0.333 e. The van der Waals surface area contributed by atoms with Crippen LogP contribution >= 0.6 is 11.3 Å². The fraction of sp³-hybridized carbons (Fsp3) is 0.217. The zero-order valence-corrected chi connectivity index (χ0v) is 17.0. The summed E-state index contributed by atoms with van der Waals surface area (Å²) < 4.78 is 0. The van der Waals surface area contributed by atoms with Crippen molar-refractivity contribution in [1.82, 2.24) is 16.2 Å². The van der Waals surface area contributed by atoms with E-state index < -0.39 is 6.03 Å². The third kappa shape index (κ3) is 4.66. The number of hydrogen-bond donors (Lipinski definition) is 3. The predicted octanol–water partition coefficient (Wildman–Crippen LogP) is 4.82. The lowest BCUT2D eigenvalue weighted by atomic mass is 10.0. The lowest BCUT2D eigenvalue weighted by Gasteiger charge is -2.19. The van der Waals surface area contributed by atoms with Gasteiger partial charge in [0.15, 0.2) is 0 Å². The maximum absolute atomic E-state index is 12.6. The molecule has 1 atom stereocenters. The van der Waals surface area contributed by atoms with Crippen molar-refractivity contribution in [2.24, 2.45) is 5.92 Å². The summed E-state index contributed by atoms with van der Waals surface area (Å²) in [6.45, 7) is 2.03. The molecule has 1 aliphatic rings. The van der Waals surface area contributed by atoms with E-state index in [1.54, 1.807) is 0 Å². The summed E-state index contributed by atoms with van der Waals surface area (Å²) in [4.78, 5) is 25.6. The number of hydrazine groups is 1. The number of carbonyl (C=O) groups is 2. The molecular weight excluding hydrogens is 382 g/mol. The average molecular weight is 406 g/mol. The fourth-order valence-corrected chi connectivity index (χ4v) is 4.17. The molecule has 6 heteroatoms. The molecule has 0 bridgehead atoms. The van der Waals surface area contributed by atoms with Crippen LogP contribution in [-0.2, 0) is 0 Å². The third-order valence-corrected chi connectivity index (χ3v) is 5.98. The van der Waals surface area contributed by atoms with Crippen LogP contribution in [0.3, 0.4) is 0 Å². The molecule has 2 aromatic carbocycles. The van der Waals surface area contributed by atoms with Crippen molar-refractivity contribution < 1.29 is 9.59 Å². The van der Waals surface area contributed by atoms with E-state index in [-0.39, 0.29) is 11.9 Å². The smallest absolute Gasteiger partial charge is 0.330 e. The first-order valence-corrected chi connectivity index (χ1v) is 10.6. The van der Waals surface area contributed by atoms with E-state index in [4.69, 9.17) is 0 Å². The number of urea groups is 1. The highest BCUT2D eigenvalue weighted by molar-refractivity contribution is 7.12. The minimum absolute atomic E-state index is 0.0436. The highest BCUT2D eigenvalue weighted by atomic mass is 32.1. The van der Waals surface area contributed by atoms with Crippen molar-refractivity contribution in [3.05, 3.63) is 82.0 Å². The molecule has 1 saturated carbocycles. The summed E-state index contributed by atoms with van der Waals surface area (Å²) in [5.74, 6) is 0.123. The lowest BCUT2D eigenvalue weighted by Crippen LogP contribution is -2.48. The first-order valence-electron chi connectivity index (χ1n) is 9.68. The predicted molar refractivity (Wildman–Crippen MR) is 116 cm³/mol. The van der Waals surface area contributed by atoms with Gasteiger partial charge in [-0.1, -0.05) is 60.2 Å². The number of rotatable bonds is 5. The molecule has 1 heterocycles. The van der Waals surface area contributed by atoms with E-state index in [2.05, 4.69) is 16.2 Å². The summed E-state index contributed by atoms with van der Waals surface area (Å²) >= 11 is 1.35. The summed E-state index contributed by atoms with van der Waals surface area (Å²) in [6.07, 6.45) is 2.20. The van der Waals surface area contributed by atoms with Crippen LogP contribution in [0.15, 0.2) is 66.0 Å². The first kappa shape index (κ1) is 19.2. The van der Waals surface area contributed by atoms with Gasteiger partial charge in [0.25, 0.3) is 5.91 Å². The van der Waals surface area contributed by atoms with Crippen LogP contribution < -0.4 is 16.2 Å². The maximum Gasteiger partial charge on any atom is 0.333 e. The summed E-state index contributed by atoms with van der Waals surface area (Å²) in [7, 11) is 0. The number of hydrogen-bond acceptors (Lipinski definition) is 3. The number of nitrogens with one attached hydrogen (secondary N) is 3. The van der Waals surface area contributed by atoms with Gasteiger partial charge in [-0.15, -0.1) is 11.3 Å². The van der Waals surface area contributed by atoms with E-state index >= 15 is 0 Å². The van der Waals surface area contributed by atoms with Crippen molar-refractivity contribution in [2.75, 3.05) is 0 Å². The second-order valence-corrected chi connectivity index (χ2v) is 8.22. The Balaban J connectivity index is 1.38. The van der Waals surface area contributed by atoms with Crippen molar-refractivity contribution in [3.63, 3.8) is 0 Å². The van der Waals surface area contributed by atoms with Gasteiger partial charge >= 0.3 is 6.03 Å². The van der Waals surface area contributed by atoms with E-state index in [1.165, 1.54) is 11.3 Å². The summed E-state index contributed by atoms with van der Waals surface area (Å²) in [5, 5.41) is 4.86. The Morgan fingerprint density at radius 1 is 0.966 bits per heavy atom. The maximum atomic E-state index is 12.6. The zero-order valence-electron chi connectivity index (χ0n) is 16.1. The molecule has 29 heavy (non-hydrogen) atoms. The monoisotopic (exact) mass is 405 g/mol. The van der Waals surface area contributed by atoms with Gasteiger partial charge in [0.2, 0.25) is 0 Å². The summed E-state index contributed by atoms with van der Waals surface area (Å²) in [6, 6.07) is 19.4. The van der Waals surface area contributed by atoms with E-state index in [0.29, 0.717) is 10.8 Å². The Morgan fingerprint density at radius 3 is 2.38 bits per heavy atom. The van der Waals surface area contributed by atoms with Crippen LogP contribution in [0.2, 0.25) is 0 Å². The van der Waals surface area contributed by atoms with Gasteiger partial charge < -0.3 is 5.32 Å². The number of aryl methyl sites for hydroxylation is 1. The van der Waals surface area contributed by atoms with Crippen LogP contribution in [0.1, 0.15) is 39.7 Å². The normalized spacial score (nSPS) is 14.1. The van der Waals surface area contributed by atoms with Gasteiger partial charge in [0, 0.05) is 5.56 Å². The Labute approximate surface area is 174 Å². The molecule has 3 amide bonds. The lowest BCUT2D eigenvalue weighted by molar-refractivity contribution is 0.0940. The highest BCUT2D eigenvalue weighted by Crippen LogP contribution is 2.40. The molecule has 1 aromatic heterocycles. The third-order valence-electron chi connectivity index (χ3n) is 5.06. The van der Waals surface area contributed by atoms with Crippen molar-refractivity contribution in [3.8, 4) is 11.1 Å². The van der Waals surface area contributed by atoms with E-state index in [0.717, 1.165) is 35.1 Å². The molecule has 3 N–H and O–H groups in total. The summed E-state index contributed by atoms with van der Waals surface area (Å²) in [5.41, 5.74) is 9.11. The van der Waals surface area contributed by atoms with Crippen molar-refractivity contribution >= 4 is 23.3 Å². The van der Waals surface area contributed by atoms with Gasteiger partial charge in [-0.05, 0) is 48.3 Å². The standard InChI is InChI=1S/C23H23N3O2S/c1-15-7-9-16(10-8-15)19-13-14-29-21(19)22(27)25-26-23(28)24-20(18-11-12-18)17-5-3-2-4-6-17/h2-10,13-14,18,20H,11-12H2,1H3,(H,25,27)(H2,24,26,28). The van der Waals surface area contributed by atoms with Gasteiger partial charge in [-0.2, -0.15) is 0 Å². The van der Waals surface area contributed by atoms with Crippen LogP contribution in [-0.4, -0.2) is 11.9 Å². The molecule has 0 saturated heterocycles. The minimum atomic E-state index is -0.410. The fourth-order valence-electron chi connectivity index (χ4n) is 3.36. The van der Waals surface area contributed by atoms with Gasteiger partial charge in [-0.25, -0.2) is 10.2 Å². The number of carbonyl (C=O) groups excluding carboxylic acids is 2. The molecule has 0 aliphatic heterocycles. The quantitative estimate of drug-likeness (QED) is 0.533. The SMILES string of the molecule is Cc1ccc(-c2ccsc2C(=O)NNC(=O)NC(c2ccccc2)C2CC2)cc1. The molecule has 1 unspecified atom stereocenters. The molecule has 0 radical (unpaired) electrons. The van der Waals surface area contributed by atoms with Gasteiger partial charge in [-0.3, -0.25) is 10.2 Å². The van der Waals surface area contributed by atoms with Crippen molar-refractivity contribution in [1.29, 1.82) is 0 Å². The molecule has 1 aliphatic carbocycles.